The summed E-state index contributed by atoms with van der Waals surface area (Å²) in [7, 11) is 0. The second-order valence-corrected chi connectivity index (χ2v) is 5.97. The second-order valence-electron chi connectivity index (χ2n) is 5.18. The van der Waals surface area contributed by atoms with E-state index in [2.05, 4.69) is 10.6 Å². The number of amides is 1. The summed E-state index contributed by atoms with van der Waals surface area (Å²) in [5.74, 6) is 0.0996. The van der Waals surface area contributed by atoms with Gasteiger partial charge in [0, 0.05) is 19.0 Å². The van der Waals surface area contributed by atoms with Crippen LogP contribution in [-0.4, -0.2) is 18.5 Å². The predicted octanol–water partition coefficient (Wildman–Crippen LogP) is 4.24. The lowest BCUT2D eigenvalue weighted by Gasteiger charge is -2.22. The van der Waals surface area contributed by atoms with E-state index in [4.69, 9.17) is 23.2 Å². The van der Waals surface area contributed by atoms with Gasteiger partial charge in [0.1, 0.15) is 0 Å². The quantitative estimate of drug-likeness (QED) is 0.853. The highest BCUT2D eigenvalue weighted by Crippen LogP contribution is 2.29. The first-order valence-corrected chi connectivity index (χ1v) is 7.89. The molecule has 1 aromatic rings. The van der Waals surface area contributed by atoms with Gasteiger partial charge in [0.15, 0.2) is 0 Å². The number of carbonyl (C=O) groups excluding carboxylic acids is 1. The SMILES string of the molecule is O=C(CCNc1cccc(Cl)c1Cl)NC1CCCCC1. The third kappa shape index (κ3) is 4.57. The van der Waals surface area contributed by atoms with E-state index in [9.17, 15) is 4.79 Å². The Labute approximate surface area is 130 Å². The fourth-order valence-corrected chi connectivity index (χ4v) is 2.87. The number of nitrogens with one attached hydrogen (secondary N) is 2. The van der Waals surface area contributed by atoms with Crippen molar-refractivity contribution in [2.45, 2.75) is 44.6 Å². The Balaban J connectivity index is 1.72. The summed E-state index contributed by atoms with van der Waals surface area (Å²) >= 11 is 12.0. The molecule has 20 heavy (non-hydrogen) atoms. The van der Waals surface area contributed by atoms with Crippen molar-refractivity contribution in [2.24, 2.45) is 0 Å². The van der Waals surface area contributed by atoms with Crippen molar-refractivity contribution in [1.29, 1.82) is 0 Å². The van der Waals surface area contributed by atoms with E-state index < -0.39 is 0 Å². The van der Waals surface area contributed by atoms with Gasteiger partial charge in [-0.15, -0.1) is 0 Å². The smallest absolute Gasteiger partial charge is 0.221 e. The third-order valence-corrected chi connectivity index (χ3v) is 4.41. The summed E-state index contributed by atoms with van der Waals surface area (Å²) in [6, 6.07) is 5.79. The lowest BCUT2D eigenvalue weighted by molar-refractivity contribution is -0.121. The minimum absolute atomic E-state index is 0.0996. The Morgan fingerprint density at radius 2 is 1.95 bits per heavy atom. The molecular weight excluding hydrogens is 295 g/mol. The molecule has 1 aliphatic carbocycles. The molecule has 0 atom stereocenters. The van der Waals surface area contributed by atoms with Crippen LogP contribution in [0, 0.1) is 0 Å². The number of halogens is 2. The molecule has 3 nitrogen and oxygen atoms in total. The van der Waals surface area contributed by atoms with Gasteiger partial charge in [-0.25, -0.2) is 0 Å². The minimum Gasteiger partial charge on any atom is -0.383 e. The Bertz CT molecular complexity index is 459. The van der Waals surface area contributed by atoms with Gasteiger partial charge >= 0.3 is 0 Å². The van der Waals surface area contributed by atoms with Gasteiger partial charge in [0.25, 0.3) is 0 Å². The Morgan fingerprint density at radius 3 is 2.70 bits per heavy atom. The largest absolute Gasteiger partial charge is 0.383 e. The average molecular weight is 315 g/mol. The van der Waals surface area contributed by atoms with Crippen LogP contribution in [0.5, 0.6) is 0 Å². The zero-order chi connectivity index (χ0) is 14.4. The fraction of sp³-hybridized carbons (Fsp3) is 0.533. The standard InChI is InChI=1S/C15H20Cl2N2O/c16-12-7-4-8-13(15(12)17)18-10-9-14(20)19-11-5-2-1-3-6-11/h4,7-8,11,18H,1-3,5-6,9-10H2,(H,19,20). The fourth-order valence-electron chi connectivity index (χ4n) is 2.50. The number of hydrogen-bond acceptors (Lipinski definition) is 2. The first-order chi connectivity index (χ1) is 9.66. The van der Waals surface area contributed by atoms with E-state index >= 15 is 0 Å². The molecule has 0 aromatic heterocycles. The molecule has 1 aliphatic rings. The van der Waals surface area contributed by atoms with Crippen molar-refractivity contribution in [2.75, 3.05) is 11.9 Å². The summed E-state index contributed by atoms with van der Waals surface area (Å²) in [6.45, 7) is 0.554. The normalized spacial score (nSPS) is 15.9. The summed E-state index contributed by atoms with van der Waals surface area (Å²) < 4.78 is 0. The van der Waals surface area contributed by atoms with Crippen LogP contribution in [0.4, 0.5) is 5.69 Å². The zero-order valence-electron chi connectivity index (χ0n) is 11.4. The van der Waals surface area contributed by atoms with Gasteiger partial charge < -0.3 is 10.6 Å². The van der Waals surface area contributed by atoms with Gasteiger partial charge in [0.2, 0.25) is 5.91 Å². The van der Waals surface area contributed by atoms with E-state index in [-0.39, 0.29) is 5.91 Å². The van der Waals surface area contributed by atoms with Crippen molar-refractivity contribution in [3.8, 4) is 0 Å². The average Bonchev–Trinajstić information content (AvgIpc) is 2.44. The van der Waals surface area contributed by atoms with Crippen LogP contribution in [0.2, 0.25) is 10.0 Å². The van der Waals surface area contributed by atoms with E-state index in [0.29, 0.717) is 29.1 Å². The second kappa shape index (κ2) is 7.75. The molecule has 0 bridgehead atoms. The molecule has 0 saturated heterocycles. The number of rotatable bonds is 5. The van der Waals surface area contributed by atoms with Crippen LogP contribution >= 0.6 is 23.2 Å². The highest BCUT2D eigenvalue weighted by molar-refractivity contribution is 6.43. The van der Waals surface area contributed by atoms with Crippen LogP contribution in [0.15, 0.2) is 18.2 Å². The Morgan fingerprint density at radius 1 is 1.20 bits per heavy atom. The first kappa shape index (κ1) is 15.5. The molecule has 2 N–H and O–H groups in total. The molecule has 5 heteroatoms. The number of benzene rings is 1. The van der Waals surface area contributed by atoms with E-state index in [1.807, 2.05) is 12.1 Å². The molecule has 110 valence electrons. The molecule has 0 aliphatic heterocycles. The first-order valence-electron chi connectivity index (χ1n) is 7.14. The van der Waals surface area contributed by atoms with Crippen molar-refractivity contribution in [3.05, 3.63) is 28.2 Å². The Hall–Kier alpha value is -0.930. The summed E-state index contributed by atoms with van der Waals surface area (Å²) in [4.78, 5) is 11.8. The lowest BCUT2D eigenvalue weighted by Crippen LogP contribution is -2.36. The van der Waals surface area contributed by atoms with Crippen LogP contribution in [0.25, 0.3) is 0 Å². The topological polar surface area (TPSA) is 41.1 Å². The van der Waals surface area contributed by atoms with Crippen molar-refractivity contribution < 1.29 is 4.79 Å². The summed E-state index contributed by atoms with van der Waals surface area (Å²) in [5.41, 5.74) is 0.768. The number of carbonyl (C=O) groups is 1. The van der Waals surface area contributed by atoms with Crippen LogP contribution in [-0.2, 0) is 4.79 Å². The van der Waals surface area contributed by atoms with Gasteiger partial charge in [-0.3, -0.25) is 4.79 Å². The van der Waals surface area contributed by atoms with Gasteiger partial charge in [-0.1, -0.05) is 48.5 Å². The van der Waals surface area contributed by atoms with Crippen molar-refractivity contribution >= 4 is 34.8 Å². The van der Waals surface area contributed by atoms with Crippen molar-refractivity contribution in [3.63, 3.8) is 0 Å². The van der Waals surface area contributed by atoms with Gasteiger partial charge in [-0.05, 0) is 25.0 Å². The maximum atomic E-state index is 11.8. The lowest BCUT2D eigenvalue weighted by atomic mass is 9.95. The van der Waals surface area contributed by atoms with Crippen LogP contribution in [0.1, 0.15) is 38.5 Å². The molecule has 1 amide bonds. The number of hydrogen-bond donors (Lipinski definition) is 2. The molecular formula is C15H20Cl2N2O. The third-order valence-electron chi connectivity index (χ3n) is 3.59. The van der Waals surface area contributed by atoms with E-state index in [1.54, 1.807) is 6.07 Å². The van der Waals surface area contributed by atoms with Gasteiger partial charge in [-0.2, -0.15) is 0 Å². The number of anilines is 1. The van der Waals surface area contributed by atoms with E-state index in [1.165, 1.54) is 19.3 Å². The maximum absolute atomic E-state index is 11.8. The highest BCUT2D eigenvalue weighted by Gasteiger charge is 2.15. The maximum Gasteiger partial charge on any atom is 0.221 e. The van der Waals surface area contributed by atoms with Crippen LogP contribution < -0.4 is 10.6 Å². The van der Waals surface area contributed by atoms with Crippen LogP contribution in [0.3, 0.4) is 0 Å². The molecule has 1 saturated carbocycles. The molecule has 0 spiro atoms. The predicted molar refractivity (Wildman–Crippen MR) is 84.6 cm³/mol. The zero-order valence-corrected chi connectivity index (χ0v) is 12.9. The molecule has 0 heterocycles. The monoisotopic (exact) mass is 314 g/mol. The van der Waals surface area contributed by atoms with Crippen molar-refractivity contribution in [1.82, 2.24) is 5.32 Å². The summed E-state index contributed by atoms with van der Waals surface area (Å²) in [6.07, 6.45) is 6.40. The molecule has 0 radical (unpaired) electrons. The Kier molecular flexibility index (Phi) is 5.99. The molecule has 1 aromatic carbocycles. The highest BCUT2D eigenvalue weighted by atomic mass is 35.5. The summed E-state index contributed by atoms with van der Waals surface area (Å²) in [5, 5.41) is 7.26. The van der Waals surface area contributed by atoms with Gasteiger partial charge in [0.05, 0.1) is 15.7 Å². The molecule has 2 rings (SSSR count). The molecule has 0 unspecified atom stereocenters. The van der Waals surface area contributed by atoms with E-state index in [0.717, 1.165) is 18.5 Å². The minimum atomic E-state index is 0.0996. The molecule has 1 fully saturated rings.